The number of ether oxygens (including phenoxy) is 1. The summed E-state index contributed by atoms with van der Waals surface area (Å²) in [5, 5.41) is 11.5. The van der Waals surface area contributed by atoms with Crippen molar-refractivity contribution in [3.05, 3.63) is 54.6 Å². The average Bonchev–Trinajstić information content (AvgIpc) is 2.99. The third kappa shape index (κ3) is 5.77. The number of carbonyl (C=O) groups excluding carboxylic acids is 1. The zero-order valence-electron chi connectivity index (χ0n) is 17.3. The second-order valence-corrected chi connectivity index (χ2v) is 7.93. The first kappa shape index (κ1) is 27.3. The Morgan fingerprint density at radius 1 is 1.29 bits per heavy atom. The van der Waals surface area contributed by atoms with Gasteiger partial charge in [0.05, 0.1) is 11.6 Å². The fraction of sp³-hybridized carbons (Fsp3) is 0.316. The third-order valence-electron chi connectivity index (χ3n) is 4.43. The van der Waals surface area contributed by atoms with Crippen LogP contribution in [0.4, 0.5) is 36.4 Å². The molecule has 0 spiro atoms. The first-order chi connectivity index (χ1) is 15.7. The lowest BCUT2D eigenvalue weighted by atomic mass is 10.1. The largest absolute Gasteiger partial charge is 0.488 e. The fourth-order valence-electron chi connectivity index (χ4n) is 2.91. The van der Waals surface area contributed by atoms with Crippen molar-refractivity contribution in [3.63, 3.8) is 0 Å². The van der Waals surface area contributed by atoms with Gasteiger partial charge in [-0.25, -0.2) is 13.3 Å². The number of alkyl halides is 6. The van der Waals surface area contributed by atoms with Crippen LogP contribution in [0.2, 0.25) is 0 Å². The van der Waals surface area contributed by atoms with E-state index in [0.717, 1.165) is 16.8 Å². The maximum absolute atomic E-state index is 13.4. The van der Waals surface area contributed by atoms with Gasteiger partial charge < -0.3 is 19.7 Å². The second kappa shape index (κ2) is 10.1. The van der Waals surface area contributed by atoms with Crippen molar-refractivity contribution in [3.8, 4) is 5.75 Å². The number of aromatic nitrogens is 1. The average molecular weight is 517 g/mol. The minimum atomic E-state index is -5.04. The molecular weight excluding hydrogens is 499 g/mol. The molecule has 0 fully saturated rings. The van der Waals surface area contributed by atoms with E-state index < -0.39 is 65.1 Å². The molecule has 3 N–H and O–H groups in total. The molecule has 0 aliphatic carbocycles. The molecule has 7 nitrogen and oxygen atoms in total. The van der Waals surface area contributed by atoms with E-state index in [9.17, 15) is 44.8 Å². The normalized spacial score (nSPS) is 19.1. The van der Waals surface area contributed by atoms with Crippen molar-refractivity contribution in [1.29, 1.82) is 0 Å². The molecule has 3 rings (SSSR count). The molecule has 1 amide bonds. The number of anilines is 1. The van der Waals surface area contributed by atoms with Crippen molar-refractivity contribution >= 4 is 22.6 Å². The molecule has 1 aliphatic heterocycles. The van der Waals surface area contributed by atoms with Crippen LogP contribution in [0.3, 0.4) is 0 Å². The molecule has 0 saturated heterocycles. The molecule has 1 aromatic carbocycles. The molecule has 3 atom stereocenters. The van der Waals surface area contributed by atoms with Gasteiger partial charge in [-0.15, -0.1) is 13.2 Å². The Labute approximate surface area is 190 Å². The van der Waals surface area contributed by atoms with Crippen LogP contribution >= 0.6 is 0 Å². The molecule has 34 heavy (non-hydrogen) atoms. The van der Waals surface area contributed by atoms with Crippen LogP contribution in [0.15, 0.2) is 42.4 Å². The van der Waals surface area contributed by atoms with Crippen LogP contribution in [0.25, 0.3) is 0 Å². The van der Waals surface area contributed by atoms with E-state index in [1.807, 2.05) is 0 Å². The Hall–Kier alpha value is -2.91. The Kier molecular flexibility index (Phi) is 8.16. The summed E-state index contributed by atoms with van der Waals surface area (Å²) < 4.78 is 111. The van der Waals surface area contributed by atoms with Crippen LogP contribution in [-0.2, 0) is 24.2 Å². The number of halogens is 7. The highest BCUT2D eigenvalue weighted by Crippen LogP contribution is 2.35. The van der Waals surface area contributed by atoms with Crippen LogP contribution in [0, 0.1) is 5.82 Å². The first-order valence-electron chi connectivity index (χ1n) is 9.13. The van der Waals surface area contributed by atoms with Crippen molar-refractivity contribution < 1.29 is 49.6 Å². The molecule has 0 radical (unpaired) electrons. The van der Waals surface area contributed by atoms with Crippen LogP contribution in [0.1, 0.15) is 16.1 Å². The molecule has 2 aromatic rings. The van der Waals surface area contributed by atoms with E-state index >= 15 is 0 Å². The van der Waals surface area contributed by atoms with Gasteiger partial charge in [-0.2, -0.15) is 26.3 Å². The lowest BCUT2D eigenvalue weighted by Gasteiger charge is -2.23. The molecule has 3 unspecified atom stereocenters. The van der Waals surface area contributed by atoms with Gasteiger partial charge >= 0.3 is 12.4 Å². The summed E-state index contributed by atoms with van der Waals surface area (Å²) in [6.45, 7) is 5.18. The zero-order valence-corrected chi connectivity index (χ0v) is 18.1. The highest BCUT2D eigenvalue weighted by molar-refractivity contribution is 7.83. The Balaban J connectivity index is 0.00000199. The van der Waals surface area contributed by atoms with Gasteiger partial charge in [0.25, 0.3) is 5.91 Å². The van der Waals surface area contributed by atoms with Crippen molar-refractivity contribution in [1.82, 2.24) is 9.29 Å². The number of rotatable bonds is 3. The third-order valence-corrected chi connectivity index (χ3v) is 5.64. The van der Waals surface area contributed by atoms with Gasteiger partial charge in [-0.05, 0) is 18.2 Å². The van der Waals surface area contributed by atoms with Gasteiger partial charge in [0.15, 0.2) is 17.5 Å². The number of nitrogens with one attached hydrogen (secondary N) is 2. The number of amides is 1. The summed E-state index contributed by atoms with van der Waals surface area (Å²) in [6.07, 6.45) is -11.9. The first-order valence-corrected chi connectivity index (χ1v) is 10.3. The molecule has 15 heteroatoms. The number of aliphatic hydroxyl groups excluding tert-OH is 1. The predicted octanol–water partition coefficient (Wildman–Crippen LogP) is 3.53. The molecule has 1 aliphatic rings. The highest BCUT2D eigenvalue weighted by atomic mass is 32.2. The summed E-state index contributed by atoms with van der Waals surface area (Å²) in [7, 11) is -1.02. The van der Waals surface area contributed by atoms with Gasteiger partial charge in [-0.3, -0.25) is 4.79 Å². The lowest BCUT2D eigenvalue weighted by molar-refractivity contribution is -0.212. The summed E-state index contributed by atoms with van der Waals surface area (Å²) in [6, 6.07) is -0.0792. The monoisotopic (exact) mass is 517 g/mol. The minimum Gasteiger partial charge on any atom is -0.488 e. The number of fused-ring (bicyclic) bond motifs is 1. The highest BCUT2D eigenvalue weighted by Gasteiger charge is 2.46. The molecular formula is C19H18F7N3O4S. The summed E-state index contributed by atoms with van der Waals surface area (Å²) in [5.74, 6) is -2.99. The van der Waals surface area contributed by atoms with Crippen molar-refractivity contribution in [2.75, 3.05) is 11.9 Å². The zero-order chi connectivity index (χ0) is 26.0. The summed E-state index contributed by atoms with van der Waals surface area (Å²) >= 11 is 0. The number of carbonyl (C=O) groups is 1. The standard InChI is InChI=1S/C17H14F7N3O4S.C2H4/c1-27-5-11-13(31-6-10(26-32(11)30)14(28)17(22,23)24)12(27)15(29)25-7-2-3-9(18)8(4-7)16(19,20)21;1-2/h2-5,10,14,26,28H,6H2,1H3,(H,25,29);1-2H2. The van der Waals surface area contributed by atoms with Crippen LogP contribution in [0.5, 0.6) is 5.75 Å². The number of aliphatic hydroxyl groups is 1. The minimum absolute atomic E-state index is 0.218. The smallest absolute Gasteiger partial charge is 0.419 e. The lowest BCUT2D eigenvalue weighted by Crippen LogP contribution is -2.50. The molecule has 0 bridgehead atoms. The SMILES string of the molecule is C=C.Cn1cc2c(c1C(=O)Nc1ccc(F)c(C(F)(F)F)c1)OCC(C(O)C(F)(F)F)NS2=O. The number of aryl methyl sites for hydroxylation is 1. The fourth-order valence-corrected chi connectivity index (χ4v) is 4.09. The van der Waals surface area contributed by atoms with E-state index in [0.29, 0.717) is 12.1 Å². The number of nitrogens with zero attached hydrogens (tertiary/aromatic N) is 1. The molecule has 2 heterocycles. The van der Waals surface area contributed by atoms with Crippen LogP contribution < -0.4 is 14.8 Å². The number of hydrogen-bond donors (Lipinski definition) is 3. The molecule has 188 valence electrons. The Morgan fingerprint density at radius 2 is 1.91 bits per heavy atom. The van der Waals surface area contributed by atoms with Crippen LogP contribution in [-0.4, -0.2) is 44.7 Å². The van der Waals surface area contributed by atoms with Crippen molar-refractivity contribution in [2.24, 2.45) is 7.05 Å². The van der Waals surface area contributed by atoms with Crippen molar-refractivity contribution in [2.45, 2.75) is 29.4 Å². The van der Waals surface area contributed by atoms with E-state index in [4.69, 9.17) is 4.74 Å². The Bertz CT molecular complexity index is 1090. The number of hydrogen-bond acceptors (Lipinski definition) is 4. The topological polar surface area (TPSA) is 92.6 Å². The van der Waals surface area contributed by atoms with E-state index in [1.165, 1.54) is 7.05 Å². The van der Waals surface area contributed by atoms with E-state index in [2.05, 4.69) is 23.2 Å². The maximum Gasteiger partial charge on any atom is 0.419 e. The summed E-state index contributed by atoms with van der Waals surface area (Å²) in [5.41, 5.74) is -2.40. The predicted molar refractivity (Wildman–Crippen MR) is 107 cm³/mol. The van der Waals surface area contributed by atoms with Gasteiger partial charge in [-0.1, -0.05) is 0 Å². The van der Waals surface area contributed by atoms with Gasteiger partial charge in [0.1, 0.15) is 28.3 Å². The molecule has 1 aromatic heterocycles. The van der Waals surface area contributed by atoms with E-state index in [-0.39, 0.29) is 16.3 Å². The second-order valence-electron chi connectivity index (χ2n) is 6.72. The quantitative estimate of drug-likeness (QED) is 0.429. The maximum atomic E-state index is 13.4. The Morgan fingerprint density at radius 3 is 2.47 bits per heavy atom. The molecule has 0 saturated carbocycles. The van der Waals surface area contributed by atoms with E-state index in [1.54, 1.807) is 0 Å². The van der Waals surface area contributed by atoms with Gasteiger partial charge in [0.2, 0.25) is 0 Å². The number of benzene rings is 1. The van der Waals surface area contributed by atoms with Gasteiger partial charge in [0, 0.05) is 18.9 Å². The summed E-state index contributed by atoms with van der Waals surface area (Å²) in [4.78, 5) is 12.5.